The smallest absolute Gasteiger partial charge is 0.267 e. The molecule has 1 aromatic carbocycles. The molecule has 6 heteroatoms. The Morgan fingerprint density at radius 2 is 1.75 bits per heavy atom. The van der Waals surface area contributed by atoms with Crippen molar-refractivity contribution in [3.8, 4) is 0 Å². The van der Waals surface area contributed by atoms with Crippen LogP contribution in [-0.2, 0) is 4.79 Å². The van der Waals surface area contributed by atoms with Crippen molar-refractivity contribution in [2.75, 3.05) is 18.0 Å². The second-order valence-corrected chi connectivity index (χ2v) is 10.2. The summed E-state index contributed by atoms with van der Waals surface area (Å²) in [5.74, 6) is 2.48. The van der Waals surface area contributed by atoms with Crippen LogP contribution in [0.2, 0.25) is 0 Å². The quantitative estimate of drug-likeness (QED) is 0.503. The number of hydrogen-bond donors (Lipinski definition) is 0. The van der Waals surface area contributed by atoms with Gasteiger partial charge < -0.3 is 9.32 Å². The third kappa shape index (κ3) is 4.65. The van der Waals surface area contributed by atoms with E-state index in [0.717, 1.165) is 54.3 Å². The van der Waals surface area contributed by atoms with E-state index in [1.807, 2.05) is 53.4 Å². The molecule has 0 N–H and O–H groups in total. The van der Waals surface area contributed by atoms with Crippen LogP contribution >= 0.6 is 11.8 Å². The molecule has 1 amide bonds. The van der Waals surface area contributed by atoms with Crippen molar-refractivity contribution in [1.82, 2.24) is 4.90 Å². The molecule has 1 saturated carbocycles. The lowest BCUT2D eigenvalue weighted by molar-refractivity contribution is -0.124. The molecule has 0 atom stereocenters. The molecule has 0 spiro atoms. The summed E-state index contributed by atoms with van der Waals surface area (Å²) in [5.41, 5.74) is 0.879. The third-order valence-corrected chi connectivity index (χ3v) is 7.72. The fraction of sp³-hybridized carbons (Fsp3) is 0.462. The monoisotopic (exact) mass is 449 g/mol. The zero-order valence-electron chi connectivity index (χ0n) is 18.7. The van der Waals surface area contributed by atoms with Gasteiger partial charge in [0, 0.05) is 31.3 Å². The van der Waals surface area contributed by atoms with Gasteiger partial charge in [0.15, 0.2) is 11.1 Å². The summed E-state index contributed by atoms with van der Waals surface area (Å²) in [6.45, 7) is 4.37. The number of anilines is 1. The molecule has 1 aromatic heterocycles. The van der Waals surface area contributed by atoms with Crippen molar-refractivity contribution >= 4 is 40.5 Å². The largest absolute Gasteiger partial charge is 0.441 e. The van der Waals surface area contributed by atoms with Crippen molar-refractivity contribution in [3.05, 3.63) is 53.1 Å². The number of carbonyl (C=O) groups is 1. The topological polar surface area (TPSA) is 49.0 Å². The molecule has 3 heterocycles. The summed E-state index contributed by atoms with van der Waals surface area (Å²) < 4.78 is 6.13. The highest BCUT2D eigenvalue weighted by Crippen LogP contribution is 2.39. The Kier molecular flexibility index (Phi) is 6.39. The number of amidine groups is 1. The standard InChI is InChI=1S/C26H31N3O2S/c1-19-14-16-28(17-15-19)24-13-12-22(31-24)18-23-25(30)29(21-10-6-3-7-11-21)26(32-23)27-20-8-4-2-5-9-20/h2,4-5,8-9,12-13,18-19,21H,3,6-7,10-11,14-17H2,1H3/b23-18+,27-26?. The molecule has 0 radical (unpaired) electrons. The molecule has 2 aromatic rings. The van der Waals surface area contributed by atoms with Crippen LogP contribution < -0.4 is 4.90 Å². The van der Waals surface area contributed by atoms with Crippen LogP contribution in [0.5, 0.6) is 0 Å². The summed E-state index contributed by atoms with van der Waals surface area (Å²) in [6, 6.07) is 14.2. The van der Waals surface area contributed by atoms with Crippen LogP contribution in [0.4, 0.5) is 11.6 Å². The Labute approximate surface area is 194 Å². The number of rotatable bonds is 4. The molecule has 3 aliphatic rings. The first kappa shape index (κ1) is 21.4. The number of carbonyl (C=O) groups excluding carboxylic acids is 1. The summed E-state index contributed by atoms with van der Waals surface area (Å²) in [5, 5.41) is 0.788. The van der Waals surface area contributed by atoms with E-state index in [0.29, 0.717) is 4.91 Å². The Morgan fingerprint density at radius 1 is 1.00 bits per heavy atom. The summed E-state index contributed by atoms with van der Waals surface area (Å²) in [7, 11) is 0. The van der Waals surface area contributed by atoms with Crippen LogP contribution in [0.25, 0.3) is 6.08 Å². The third-order valence-electron chi connectivity index (χ3n) is 6.74. The molecule has 5 nitrogen and oxygen atoms in total. The van der Waals surface area contributed by atoms with Gasteiger partial charge in [-0.2, -0.15) is 0 Å². The summed E-state index contributed by atoms with van der Waals surface area (Å²) >= 11 is 1.47. The zero-order valence-corrected chi connectivity index (χ0v) is 19.5. The van der Waals surface area contributed by atoms with Crippen molar-refractivity contribution in [2.24, 2.45) is 10.9 Å². The number of nitrogens with zero attached hydrogens (tertiary/aromatic N) is 3. The SMILES string of the molecule is CC1CCN(c2ccc(/C=C3/SC(=Nc4ccccc4)N(C4CCCCC4)C3=O)o2)CC1. The number of hydrogen-bond acceptors (Lipinski definition) is 5. The Morgan fingerprint density at radius 3 is 2.50 bits per heavy atom. The van der Waals surface area contributed by atoms with E-state index in [-0.39, 0.29) is 11.9 Å². The highest BCUT2D eigenvalue weighted by molar-refractivity contribution is 8.18. The van der Waals surface area contributed by atoms with Crippen molar-refractivity contribution < 1.29 is 9.21 Å². The maximum absolute atomic E-state index is 13.5. The molecule has 2 saturated heterocycles. The van der Waals surface area contributed by atoms with Gasteiger partial charge in [-0.3, -0.25) is 9.69 Å². The predicted molar refractivity (Wildman–Crippen MR) is 132 cm³/mol. The normalized spacial score (nSPS) is 23.6. The van der Waals surface area contributed by atoms with Crippen LogP contribution in [-0.4, -0.2) is 35.1 Å². The molecule has 5 rings (SSSR count). The van der Waals surface area contributed by atoms with E-state index in [9.17, 15) is 4.79 Å². The fourth-order valence-corrected chi connectivity index (χ4v) is 5.83. The Balaban J connectivity index is 1.40. The number of amides is 1. The van der Waals surface area contributed by atoms with E-state index >= 15 is 0 Å². The van der Waals surface area contributed by atoms with Gasteiger partial charge in [0.25, 0.3) is 5.91 Å². The molecule has 1 aliphatic carbocycles. The van der Waals surface area contributed by atoms with E-state index < -0.39 is 0 Å². The van der Waals surface area contributed by atoms with E-state index in [4.69, 9.17) is 9.41 Å². The minimum absolute atomic E-state index is 0.0568. The van der Waals surface area contributed by atoms with Gasteiger partial charge in [-0.25, -0.2) is 4.99 Å². The highest BCUT2D eigenvalue weighted by Gasteiger charge is 2.38. The molecule has 2 aliphatic heterocycles. The first-order valence-corrected chi connectivity index (χ1v) is 12.7. The van der Waals surface area contributed by atoms with Crippen molar-refractivity contribution in [3.63, 3.8) is 0 Å². The molecule has 0 bridgehead atoms. The summed E-state index contributed by atoms with van der Waals surface area (Å²) in [6.07, 6.45) is 9.98. The fourth-order valence-electron chi connectivity index (χ4n) is 4.79. The Bertz CT molecular complexity index is 999. The Hall–Kier alpha value is -2.47. The lowest BCUT2D eigenvalue weighted by atomic mass is 9.94. The predicted octanol–water partition coefficient (Wildman–Crippen LogP) is 6.45. The minimum Gasteiger partial charge on any atom is -0.441 e. The lowest BCUT2D eigenvalue weighted by Crippen LogP contribution is -2.40. The highest BCUT2D eigenvalue weighted by atomic mass is 32.2. The van der Waals surface area contributed by atoms with Gasteiger partial charge in [0.05, 0.1) is 10.6 Å². The first-order chi connectivity index (χ1) is 15.7. The van der Waals surface area contributed by atoms with Crippen molar-refractivity contribution in [1.29, 1.82) is 0 Å². The number of piperidine rings is 1. The molecular weight excluding hydrogens is 418 g/mol. The average molecular weight is 450 g/mol. The molecule has 168 valence electrons. The van der Waals surface area contributed by atoms with E-state index in [2.05, 4.69) is 11.8 Å². The summed E-state index contributed by atoms with van der Waals surface area (Å²) in [4.78, 5) is 23.2. The van der Waals surface area contributed by atoms with Crippen LogP contribution in [0.15, 0.2) is 56.8 Å². The number of thioether (sulfide) groups is 1. The van der Waals surface area contributed by atoms with Gasteiger partial charge >= 0.3 is 0 Å². The van der Waals surface area contributed by atoms with Gasteiger partial charge in [-0.15, -0.1) is 0 Å². The maximum atomic E-state index is 13.5. The van der Waals surface area contributed by atoms with E-state index in [1.165, 1.54) is 43.9 Å². The molecule has 3 fully saturated rings. The van der Waals surface area contributed by atoms with Gasteiger partial charge in [-0.05, 0) is 61.6 Å². The van der Waals surface area contributed by atoms with E-state index in [1.54, 1.807) is 0 Å². The molecule has 0 unspecified atom stereocenters. The van der Waals surface area contributed by atoms with Crippen molar-refractivity contribution in [2.45, 2.75) is 57.9 Å². The second kappa shape index (κ2) is 9.57. The van der Waals surface area contributed by atoms with Gasteiger partial charge in [-0.1, -0.05) is 44.4 Å². The van der Waals surface area contributed by atoms with Crippen LogP contribution in [0.3, 0.4) is 0 Å². The first-order valence-electron chi connectivity index (χ1n) is 11.9. The second-order valence-electron chi connectivity index (χ2n) is 9.15. The number of aliphatic imine (C=N–C) groups is 1. The van der Waals surface area contributed by atoms with Gasteiger partial charge in [0.1, 0.15) is 5.76 Å². The minimum atomic E-state index is 0.0568. The maximum Gasteiger partial charge on any atom is 0.267 e. The average Bonchev–Trinajstić information content (AvgIpc) is 3.40. The van der Waals surface area contributed by atoms with Crippen LogP contribution in [0.1, 0.15) is 57.6 Å². The zero-order chi connectivity index (χ0) is 21.9. The number of furan rings is 1. The molecule has 32 heavy (non-hydrogen) atoms. The number of para-hydroxylation sites is 1. The number of benzene rings is 1. The molecular formula is C26H31N3O2S. The van der Waals surface area contributed by atoms with Crippen LogP contribution in [0, 0.1) is 5.92 Å². The van der Waals surface area contributed by atoms with Gasteiger partial charge in [0.2, 0.25) is 0 Å². The lowest BCUT2D eigenvalue weighted by Gasteiger charge is -2.30.